The molecule has 0 aliphatic heterocycles. The average molecular weight is 288 g/mol. The van der Waals surface area contributed by atoms with Crippen LogP contribution in [0.3, 0.4) is 0 Å². The molecule has 4 heteroatoms. The Morgan fingerprint density at radius 2 is 2.05 bits per heavy atom. The van der Waals surface area contributed by atoms with Crippen molar-refractivity contribution in [1.29, 1.82) is 0 Å². The quantitative estimate of drug-likeness (QED) is 0.650. The van der Waals surface area contributed by atoms with E-state index < -0.39 is 0 Å². The van der Waals surface area contributed by atoms with Crippen LogP contribution in [-0.4, -0.2) is 10.8 Å². The van der Waals surface area contributed by atoms with Crippen LogP contribution in [0.1, 0.15) is 20.9 Å². The van der Waals surface area contributed by atoms with Crippen molar-refractivity contribution >= 4 is 38.9 Å². The smallest absolute Gasteiger partial charge is 0.221 e. The standard InChI is InChI=1S/C15H10ClNOS/c1-9-3-2-4-10(7-9)14(18)15-17-12-8-11(16)5-6-13(12)19-15/h2-8H,1H3. The van der Waals surface area contributed by atoms with Gasteiger partial charge in [0.1, 0.15) is 0 Å². The summed E-state index contributed by atoms with van der Waals surface area (Å²) in [5.74, 6) is -0.0407. The molecule has 0 atom stereocenters. The molecule has 0 saturated heterocycles. The Morgan fingerprint density at radius 3 is 2.84 bits per heavy atom. The molecule has 0 bridgehead atoms. The molecule has 0 amide bonds. The maximum atomic E-state index is 12.4. The SMILES string of the molecule is Cc1cccc(C(=O)c2nc3cc(Cl)ccc3s2)c1. The lowest BCUT2D eigenvalue weighted by Gasteiger charge is -1.98. The van der Waals surface area contributed by atoms with Gasteiger partial charge in [-0.1, -0.05) is 35.4 Å². The fraction of sp³-hybridized carbons (Fsp3) is 0.0667. The third kappa shape index (κ3) is 2.39. The number of rotatable bonds is 2. The van der Waals surface area contributed by atoms with E-state index >= 15 is 0 Å². The van der Waals surface area contributed by atoms with Gasteiger partial charge in [-0.3, -0.25) is 4.79 Å². The highest BCUT2D eigenvalue weighted by atomic mass is 35.5. The number of benzene rings is 2. The monoisotopic (exact) mass is 287 g/mol. The molecule has 1 aromatic heterocycles. The van der Waals surface area contributed by atoms with Gasteiger partial charge in [-0.25, -0.2) is 4.98 Å². The van der Waals surface area contributed by atoms with Crippen molar-refractivity contribution in [1.82, 2.24) is 4.98 Å². The Balaban J connectivity index is 2.06. The van der Waals surface area contributed by atoms with Crippen LogP contribution in [0.25, 0.3) is 10.2 Å². The van der Waals surface area contributed by atoms with Crippen molar-refractivity contribution in [3.8, 4) is 0 Å². The van der Waals surface area contributed by atoms with Crippen LogP contribution >= 0.6 is 22.9 Å². The van der Waals surface area contributed by atoms with E-state index in [4.69, 9.17) is 11.6 Å². The summed E-state index contributed by atoms with van der Waals surface area (Å²) in [6.07, 6.45) is 0. The number of hydrogen-bond acceptors (Lipinski definition) is 3. The normalized spacial score (nSPS) is 10.8. The number of thiazole rings is 1. The molecule has 19 heavy (non-hydrogen) atoms. The molecule has 0 aliphatic carbocycles. The van der Waals surface area contributed by atoms with Crippen LogP contribution in [0.5, 0.6) is 0 Å². The Bertz CT molecular complexity index is 779. The van der Waals surface area contributed by atoms with Crippen molar-refractivity contribution in [2.24, 2.45) is 0 Å². The van der Waals surface area contributed by atoms with E-state index in [1.165, 1.54) is 11.3 Å². The molecule has 3 rings (SSSR count). The Hall–Kier alpha value is -1.71. The molecule has 0 spiro atoms. The molecule has 2 nitrogen and oxygen atoms in total. The number of aromatic nitrogens is 1. The lowest BCUT2D eigenvalue weighted by molar-refractivity contribution is 0.103. The van der Waals surface area contributed by atoms with Crippen molar-refractivity contribution < 1.29 is 4.79 Å². The van der Waals surface area contributed by atoms with Crippen LogP contribution in [0.4, 0.5) is 0 Å². The number of fused-ring (bicyclic) bond motifs is 1. The topological polar surface area (TPSA) is 30.0 Å². The van der Waals surface area contributed by atoms with Crippen molar-refractivity contribution in [2.75, 3.05) is 0 Å². The molecule has 0 fully saturated rings. The van der Waals surface area contributed by atoms with E-state index in [0.29, 0.717) is 15.6 Å². The molecule has 2 aromatic carbocycles. The molecular weight excluding hydrogens is 278 g/mol. The van der Waals surface area contributed by atoms with E-state index in [1.54, 1.807) is 6.07 Å². The van der Waals surface area contributed by atoms with Gasteiger partial charge < -0.3 is 0 Å². The molecular formula is C15H10ClNOS. The lowest BCUT2D eigenvalue weighted by atomic mass is 10.1. The van der Waals surface area contributed by atoms with Gasteiger partial charge in [0.05, 0.1) is 10.2 Å². The third-order valence-electron chi connectivity index (χ3n) is 2.82. The summed E-state index contributed by atoms with van der Waals surface area (Å²) < 4.78 is 0.973. The number of hydrogen-bond donors (Lipinski definition) is 0. The molecule has 3 aromatic rings. The number of carbonyl (C=O) groups is 1. The van der Waals surface area contributed by atoms with Crippen LogP contribution < -0.4 is 0 Å². The molecule has 0 aliphatic rings. The first-order chi connectivity index (χ1) is 9.13. The summed E-state index contributed by atoms with van der Waals surface area (Å²) in [4.78, 5) is 16.7. The van der Waals surface area contributed by atoms with E-state index in [0.717, 1.165) is 15.8 Å². The summed E-state index contributed by atoms with van der Waals surface area (Å²) in [5.41, 5.74) is 2.51. The predicted molar refractivity (Wildman–Crippen MR) is 79.2 cm³/mol. The van der Waals surface area contributed by atoms with Gasteiger partial charge in [-0.05, 0) is 31.2 Å². The minimum atomic E-state index is -0.0407. The largest absolute Gasteiger partial charge is 0.286 e. The van der Waals surface area contributed by atoms with E-state index in [2.05, 4.69) is 4.98 Å². The number of halogens is 1. The first kappa shape index (κ1) is 12.3. The average Bonchev–Trinajstić information content (AvgIpc) is 2.80. The second-order valence-corrected chi connectivity index (χ2v) is 5.80. The van der Waals surface area contributed by atoms with E-state index in [-0.39, 0.29) is 5.78 Å². The Kier molecular flexibility index (Phi) is 3.09. The van der Waals surface area contributed by atoms with Crippen LogP contribution in [0.15, 0.2) is 42.5 Å². The summed E-state index contributed by atoms with van der Waals surface area (Å²) in [7, 11) is 0. The first-order valence-electron chi connectivity index (χ1n) is 5.81. The molecule has 0 saturated carbocycles. The molecule has 0 N–H and O–H groups in total. The highest BCUT2D eigenvalue weighted by molar-refractivity contribution is 7.20. The number of carbonyl (C=O) groups excluding carboxylic acids is 1. The van der Waals surface area contributed by atoms with Crippen molar-refractivity contribution in [3.63, 3.8) is 0 Å². The zero-order valence-corrected chi connectivity index (χ0v) is 11.8. The predicted octanol–water partition coefficient (Wildman–Crippen LogP) is 4.49. The lowest BCUT2D eigenvalue weighted by Crippen LogP contribution is -2.00. The molecule has 1 heterocycles. The van der Waals surface area contributed by atoms with Crippen LogP contribution in [-0.2, 0) is 0 Å². The van der Waals surface area contributed by atoms with Gasteiger partial charge in [-0.2, -0.15) is 0 Å². The van der Waals surface area contributed by atoms with Crippen molar-refractivity contribution in [2.45, 2.75) is 6.92 Å². The van der Waals surface area contributed by atoms with Crippen LogP contribution in [0.2, 0.25) is 5.02 Å². The first-order valence-corrected chi connectivity index (χ1v) is 7.00. The highest BCUT2D eigenvalue weighted by Gasteiger charge is 2.14. The van der Waals surface area contributed by atoms with Gasteiger partial charge in [0.2, 0.25) is 5.78 Å². The third-order valence-corrected chi connectivity index (χ3v) is 4.09. The fourth-order valence-electron chi connectivity index (χ4n) is 1.91. The highest BCUT2D eigenvalue weighted by Crippen LogP contribution is 2.26. The minimum Gasteiger partial charge on any atom is -0.286 e. The van der Waals surface area contributed by atoms with Gasteiger partial charge in [0.15, 0.2) is 5.01 Å². The second kappa shape index (κ2) is 4.76. The van der Waals surface area contributed by atoms with Crippen molar-refractivity contribution in [3.05, 3.63) is 63.6 Å². The Labute approximate surface area is 119 Å². The van der Waals surface area contributed by atoms with Gasteiger partial charge in [-0.15, -0.1) is 11.3 Å². The molecule has 94 valence electrons. The minimum absolute atomic E-state index is 0.0407. The number of ketones is 1. The Morgan fingerprint density at radius 1 is 1.21 bits per heavy atom. The summed E-state index contributed by atoms with van der Waals surface area (Å²) in [5, 5.41) is 1.13. The van der Waals surface area contributed by atoms with Gasteiger partial charge in [0, 0.05) is 10.6 Å². The zero-order chi connectivity index (χ0) is 13.4. The van der Waals surface area contributed by atoms with Gasteiger partial charge >= 0.3 is 0 Å². The summed E-state index contributed by atoms with van der Waals surface area (Å²) >= 11 is 7.32. The second-order valence-electron chi connectivity index (χ2n) is 4.33. The zero-order valence-electron chi connectivity index (χ0n) is 10.2. The van der Waals surface area contributed by atoms with E-state index in [1.807, 2.05) is 43.3 Å². The maximum Gasteiger partial charge on any atom is 0.221 e. The molecule has 0 unspecified atom stereocenters. The summed E-state index contributed by atoms with van der Waals surface area (Å²) in [6.45, 7) is 1.97. The van der Waals surface area contributed by atoms with Crippen LogP contribution in [0, 0.1) is 6.92 Å². The number of aryl methyl sites for hydroxylation is 1. The van der Waals surface area contributed by atoms with E-state index in [9.17, 15) is 4.79 Å². The maximum absolute atomic E-state index is 12.4. The fourth-order valence-corrected chi connectivity index (χ4v) is 2.98. The molecule has 0 radical (unpaired) electrons. The van der Waals surface area contributed by atoms with Gasteiger partial charge in [0.25, 0.3) is 0 Å². The number of nitrogens with zero attached hydrogens (tertiary/aromatic N) is 1. The summed E-state index contributed by atoms with van der Waals surface area (Å²) in [6, 6.07) is 13.0.